The quantitative estimate of drug-likeness (QED) is 0.142. The first-order chi connectivity index (χ1) is 31.4. The molecule has 0 radical (unpaired) electrons. The molecule has 0 aromatic carbocycles. The Balaban J connectivity index is 2.26. The minimum atomic E-state index is -1.34. The van der Waals surface area contributed by atoms with Crippen molar-refractivity contribution in [2.45, 2.75) is 193 Å². The molecule has 0 aromatic rings. The summed E-state index contributed by atoms with van der Waals surface area (Å²) in [5.74, 6) is -4.46. The van der Waals surface area contributed by atoms with Crippen LogP contribution in [0, 0.1) is 17.8 Å². The minimum absolute atomic E-state index is 0.00427. The average molecular weight is 962 g/mol. The third-order valence-corrected chi connectivity index (χ3v) is 13.4. The summed E-state index contributed by atoms with van der Waals surface area (Å²) in [5.41, 5.74) is -1.33. The lowest BCUT2D eigenvalue weighted by molar-refractivity contribution is -0.320. The van der Waals surface area contributed by atoms with Gasteiger partial charge in [0.1, 0.15) is 30.5 Å². The van der Waals surface area contributed by atoms with Crippen molar-refractivity contribution in [1.29, 1.82) is 0 Å². The van der Waals surface area contributed by atoms with E-state index in [0.29, 0.717) is 25.9 Å². The average Bonchev–Trinajstić information content (AvgIpc) is 3.24. The van der Waals surface area contributed by atoms with Gasteiger partial charge >= 0.3 is 29.8 Å². The first kappa shape index (κ1) is 58.3. The largest absolute Gasteiger partial charge is 0.463 e. The molecule has 20 nitrogen and oxygen atoms in total. The predicted molar refractivity (Wildman–Crippen MR) is 242 cm³/mol. The summed E-state index contributed by atoms with van der Waals surface area (Å²) in [6, 6.07) is -0.791. The number of nitrogens with zero attached hydrogens (tertiary/aromatic N) is 3. The van der Waals surface area contributed by atoms with Crippen molar-refractivity contribution in [3.8, 4) is 0 Å². The summed E-state index contributed by atoms with van der Waals surface area (Å²) < 4.78 is 67.6. The molecule has 0 aliphatic carbocycles. The van der Waals surface area contributed by atoms with Crippen molar-refractivity contribution in [2.24, 2.45) is 17.8 Å². The number of esters is 5. The van der Waals surface area contributed by atoms with Crippen molar-refractivity contribution in [2.75, 3.05) is 62.6 Å². The van der Waals surface area contributed by atoms with Crippen LogP contribution in [-0.2, 0) is 76.1 Å². The zero-order chi connectivity index (χ0) is 50.5. The van der Waals surface area contributed by atoms with Gasteiger partial charge in [0, 0.05) is 87.4 Å². The molecule has 3 heterocycles. The second kappa shape index (κ2) is 26.8. The van der Waals surface area contributed by atoms with Gasteiger partial charge in [-0.2, -0.15) is 0 Å². The first-order valence-corrected chi connectivity index (χ1v) is 23.7. The van der Waals surface area contributed by atoms with Crippen LogP contribution in [0.3, 0.4) is 0 Å². The van der Waals surface area contributed by atoms with Gasteiger partial charge in [-0.3, -0.25) is 24.0 Å². The second-order valence-corrected chi connectivity index (χ2v) is 18.9. The Bertz CT molecular complexity index is 1590. The van der Waals surface area contributed by atoms with Crippen LogP contribution in [0.25, 0.3) is 0 Å². The standard InChI is InChI=1S/C47H83N3O17/c1-17-35(53)64-33-23-37(55)60-27(4)19-20-49(12)50(13)25-34(63-30(7)51)26(3)21-32(22-38(57-14)58-15)40(44(33)59-16)45-42(56)41(48(10)11)43(28(5)62-45)66-39-24-47(9,67-31(8)52)46(29(6)61-39)65-36(54)18-2/h26-29,32-34,38-46,56H,17-25H2,1-16H3/t26-,27-,28-,29+,32-,33-,34+,39+,40+,41-,42-,43-,44-,45+,46+,47-/m1/s1. The number of aliphatic hydroxyl groups is 1. The van der Waals surface area contributed by atoms with Crippen LogP contribution >= 0.6 is 0 Å². The third kappa shape index (κ3) is 16.3. The molecule has 20 heteroatoms. The number of hydrazine groups is 1. The molecule has 16 atom stereocenters. The Labute approximate surface area is 398 Å². The highest BCUT2D eigenvalue weighted by molar-refractivity contribution is 5.73. The zero-order valence-electron chi connectivity index (χ0n) is 42.9. The van der Waals surface area contributed by atoms with Crippen LogP contribution in [-0.4, -0.2) is 198 Å². The SMILES string of the molecule is CCC(=O)O[C@@H]1CC(=O)O[C@H](C)CCN(C)N(C)C[C@H](OC(C)=O)[C@H](C)C[C@H](CC(OC)OC)[C@H]([C@@H]2O[C@H](C)[C@@H](O[C@H]3C[C@@](C)(OC(C)=O)[C@@H](OC(=O)CC)[C@H](C)O3)[C@H](N(C)C)[C@H]2O)[C@@H]1OC. The fourth-order valence-electron chi connectivity index (χ4n) is 9.93. The number of hydrogen-bond donors (Lipinski definition) is 1. The van der Waals surface area contributed by atoms with E-state index in [1.165, 1.54) is 35.2 Å². The molecule has 3 fully saturated rings. The van der Waals surface area contributed by atoms with Gasteiger partial charge in [0.05, 0.1) is 43.4 Å². The number of carbonyl (C=O) groups excluding carboxylic acids is 5. The van der Waals surface area contributed by atoms with E-state index >= 15 is 0 Å². The highest BCUT2D eigenvalue weighted by atomic mass is 16.7. The summed E-state index contributed by atoms with van der Waals surface area (Å²) in [7, 11) is 11.9. The number of likely N-dealkylation sites (N-methyl/N-ethyl adjacent to an activating group) is 2. The van der Waals surface area contributed by atoms with Crippen LogP contribution in [0.2, 0.25) is 0 Å². The Morgan fingerprint density at radius 1 is 0.866 bits per heavy atom. The van der Waals surface area contributed by atoms with Gasteiger partial charge in [-0.25, -0.2) is 10.0 Å². The van der Waals surface area contributed by atoms with Gasteiger partial charge < -0.3 is 62.1 Å². The maximum absolute atomic E-state index is 13.9. The maximum atomic E-state index is 13.9. The van der Waals surface area contributed by atoms with Crippen molar-refractivity contribution < 1.29 is 81.2 Å². The highest BCUT2D eigenvalue weighted by Crippen LogP contribution is 2.43. The van der Waals surface area contributed by atoms with Crippen LogP contribution in [0.1, 0.15) is 107 Å². The lowest BCUT2D eigenvalue weighted by Crippen LogP contribution is -2.67. The van der Waals surface area contributed by atoms with Gasteiger partial charge in [-0.15, -0.1) is 0 Å². The monoisotopic (exact) mass is 962 g/mol. The van der Waals surface area contributed by atoms with Crippen molar-refractivity contribution >= 4 is 29.8 Å². The molecular formula is C47H83N3O17. The molecule has 0 unspecified atom stereocenters. The molecule has 3 aliphatic rings. The Morgan fingerprint density at radius 2 is 1.49 bits per heavy atom. The molecule has 388 valence electrons. The predicted octanol–water partition coefficient (Wildman–Crippen LogP) is 3.27. The maximum Gasteiger partial charge on any atom is 0.309 e. The summed E-state index contributed by atoms with van der Waals surface area (Å²) >= 11 is 0. The molecule has 0 spiro atoms. The lowest BCUT2D eigenvalue weighted by Gasteiger charge is -2.53. The van der Waals surface area contributed by atoms with E-state index in [0.717, 1.165) is 0 Å². The molecule has 1 N–H and O–H groups in total. The second-order valence-electron chi connectivity index (χ2n) is 18.9. The van der Waals surface area contributed by atoms with Crippen LogP contribution < -0.4 is 0 Å². The normalized spacial score (nSPS) is 36.8. The van der Waals surface area contributed by atoms with Gasteiger partial charge in [0.2, 0.25) is 0 Å². The number of carbonyl (C=O) groups is 5. The summed E-state index contributed by atoms with van der Waals surface area (Å²) in [4.78, 5) is 66.6. The molecule has 3 aliphatic heterocycles. The molecule has 0 amide bonds. The van der Waals surface area contributed by atoms with Crippen LogP contribution in [0.4, 0.5) is 0 Å². The van der Waals surface area contributed by atoms with E-state index in [4.69, 9.17) is 52.1 Å². The Kier molecular flexibility index (Phi) is 23.3. The molecule has 3 saturated heterocycles. The molecular weight excluding hydrogens is 879 g/mol. The summed E-state index contributed by atoms with van der Waals surface area (Å²) in [6.07, 6.45) is -10.2. The third-order valence-electron chi connectivity index (χ3n) is 13.4. The number of methoxy groups -OCH3 is 3. The van der Waals surface area contributed by atoms with Crippen LogP contribution in [0.15, 0.2) is 0 Å². The number of ether oxygens (including phenoxy) is 11. The van der Waals surface area contributed by atoms with Gasteiger partial charge in [0.15, 0.2) is 24.3 Å². The zero-order valence-corrected chi connectivity index (χ0v) is 42.9. The topological polar surface area (TPSA) is 217 Å². The number of rotatable bonds is 15. The van der Waals surface area contributed by atoms with Crippen molar-refractivity contribution in [3.63, 3.8) is 0 Å². The molecule has 67 heavy (non-hydrogen) atoms. The number of cyclic esters (lactones) is 1. The van der Waals surface area contributed by atoms with E-state index in [1.54, 1.807) is 48.7 Å². The van der Waals surface area contributed by atoms with E-state index in [2.05, 4.69) is 0 Å². The van der Waals surface area contributed by atoms with E-state index in [1.807, 2.05) is 42.9 Å². The van der Waals surface area contributed by atoms with Gasteiger partial charge in [-0.1, -0.05) is 20.8 Å². The van der Waals surface area contributed by atoms with Crippen molar-refractivity contribution in [3.05, 3.63) is 0 Å². The lowest BCUT2D eigenvalue weighted by atomic mass is 9.70. The molecule has 0 bridgehead atoms. The van der Waals surface area contributed by atoms with E-state index in [-0.39, 0.29) is 38.0 Å². The Hall–Kier alpha value is -3.05. The van der Waals surface area contributed by atoms with Crippen LogP contribution in [0.5, 0.6) is 0 Å². The number of hydrogen-bond acceptors (Lipinski definition) is 20. The van der Waals surface area contributed by atoms with Gasteiger partial charge in [0.25, 0.3) is 0 Å². The molecule has 3 rings (SSSR count). The molecule has 0 saturated carbocycles. The smallest absolute Gasteiger partial charge is 0.309 e. The van der Waals surface area contributed by atoms with E-state index < -0.39 is 127 Å². The fraction of sp³-hybridized carbons (Fsp3) is 0.894. The fourth-order valence-corrected chi connectivity index (χ4v) is 9.93. The van der Waals surface area contributed by atoms with Crippen molar-refractivity contribution in [1.82, 2.24) is 14.9 Å². The van der Waals surface area contributed by atoms with E-state index in [9.17, 15) is 29.1 Å². The Morgan fingerprint density at radius 3 is 2.04 bits per heavy atom. The number of aliphatic hydroxyl groups excluding tert-OH is 1. The minimum Gasteiger partial charge on any atom is -0.463 e. The van der Waals surface area contributed by atoms with Gasteiger partial charge in [-0.05, 0) is 66.5 Å². The molecule has 0 aromatic heterocycles. The summed E-state index contributed by atoms with van der Waals surface area (Å²) in [6.45, 7) is 15.8. The first-order valence-electron chi connectivity index (χ1n) is 23.7. The summed E-state index contributed by atoms with van der Waals surface area (Å²) in [5, 5.41) is 16.9. The highest BCUT2D eigenvalue weighted by Gasteiger charge is 2.56.